The molecule has 15 heavy (non-hydrogen) atoms. The number of ether oxygens (including phenoxy) is 2. The van der Waals surface area contributed by atoms with Gasteiger partial charge in [0.15, 0.2) is 5.75 Å². The summed E-state index contributed by atoms with van der Waals surface area (Å²) in [5.41, 5.74) is 0.539. The van der Waals surface area contributed by atoms with Gasteiger partial charge in [0.2, 0.25) is 0 Å². The average molecular weight is 230 g/mol. The molecule has 0 bridgehead atoms. The monoisotopic (exact) mass is 230 g/mol. The summed E-state index contributed by atoms with van der Waals surface area (Å²) in [7, 11) is 0. The highest BCUT2D eigenvalue weighted by Crippen LogP contribution is 2.41. The number of alkyl halides is 2. The Hall–Kier alpha value is -1.50. The van der Waals surface area contributed by atoms with Crippen LogP contribution in [0.4, 0.5) is 8.78 Å². The molecule has 0 aliphatic carbocycles. The number of halogens is 2. The number of aromatic nitrogens is 2. The van der Waals surface area contributed by atoms with Gasteiger partial charge in [0.25, 0.3) is 5.88 Å². The van der Waals surface area contributed by atoms with Crippen molar-refractivity contribution in [2.45, 2.75) is 13.2 Å². The fourth-order valence-electron chi connectivity index (χ4n) is 1.35. The second kappa shape index (κ2) is 2.54. The third kappa shape index (κ3) is 1.30. The Morgan fingerprint density at radius 2 is 2.13 bits per heavy atom. The zero-order valence-corrected chi connectivity index (χ0v) is 8.27. The highest BCUT2D eigenvalue weighted by Gasteiger charge is 2.44. The fraction of sp³-hybridized carbons (Fsp3) is 0.250. The van der Waals surface area contributed by atoms with Gasteiger partial charge in [0, 0.05) is 6.07 Å². The van der Waals surface area contributed by atoms with Crippen LogP contribution in [0, 0.1) is 6.92 Å². The summed E-state index contributed by atoms with van der Waals surface area (Å²) in [5.74, 6) is -0.256. The van der Waals surface area contributed by atoms with Gasteiger partial charge in [-0.1, -0.05) is 11.3 Å². The molecule has 1 aliphatic rings. The van der Waals surface area contributed by atoms with Gasteiger partial charge in [-0.05, 0) is 6.92 Å². The Morgan fingerprint density at radius 1 is 1.33 bits per heavy atom. The maximum absolute atomic E-state index is 12.7. The Morgan fingerprint density at radius 3 is 2.93 bits per heavy atom. The number of rotatable bonds is 0. The Bertz CT molecular complexity index is 510. The van der Waals surface area contributed by atoms with E-state index in [1.165, 1.54) is 17.4 Å². The molecule has 2 aromatic heterocycles. The van der Waals surface area contributed by atoms with Crippen LogP contribution in [0.5, 0.6) is 11.6 Å². The molecule has 4 nitrogen and oxygen atoms in total. The van der Waals surface area contributed by atoms with Crippen molar-refractivity contribution >= 4 is 21.7 Å². The first kappa shape index (κ1) is 8.78. The molecule has 0 saturated carbocycles. The van der Waals surface area contributed by atoms with E-state index in [1.807, 2.05) is 6.92 Å². The molecule has 0 fully saturated rings. The number of hydrogen-bond acceptors (Lipinski definition) is 5. The summed E-state index contributed by atoms with van der Waals surface area (Å²) in [6.45, 7) is 1.81. The predicted molar refractivity (Wildman–Crippen MR) is 48.4 cm³/mol. The largest absolute Gasteiger partial charge is 0.587 e. The van der Waals surface area contributed by atoms with Crippen LogP contribution >= 0.6 is 11.3 Å². The van der Waals surface area contributed by atoms with Gasteiger partial charge in [-0.3, -0.25) is 0 Å². The zero-order valence-electron chi connectivity index (χ0n) is 7.45. The Kier molecular flexibility index (Phi) is 1.49. The van der Waals surface area contributed by atoms with Crippen molar-refractivity contribution in [3.8, 4) is 11.6 Å². The third-order valence-corrected chi connectivity index (χ3v) is 2.75. The standard InChI is InChI=1S/C8H4F2N2O2S/c1-3-11-4-2-5-6(12-7(4)15-3)14-8(9,10)13-5/h2H,1H3. The molecule has 0 radical (unpaired) electrons. The predicted octanol–water partition coefficient (Wildman–Crippen LogP) is 2.32. The van der Waals surface area contributed by atoms with Crippen LogP contribution in [0.3, 0.4) is 0 Å². The topological polar surface area (TPSA) is 44.2 Å². The van der Waals surface area contributed by atoms with E-state index in [0.29, 0.717) is 10.3 Å². The van der Waals surface area contributed by atoms with Gasteiger partial charge in [-0.15, -0.1) is 8.78 Å². The smallest absolute Gasteiger partial charge is 0.393 e. The number of hydrogen-bond donors (Lipinski definition) is 0. The number of nitrogens with zero attached hydrogens (tertiary/aromatic N) is 2. The molecule has 0 unspecified atom stereocenters. The minimum Gasteiger partial charge on any atom is -0.393 e. The molecule has 1 aliphatic heterocycles. The van der Waals surface area contributed by atoms with E-state index >= 15 is 0 Å². The minimum atomic E-state index is -3.62. The van der Waals surface area contributed by atoms with Crippen molar-refractivity contribution < 1.29 is 18.3 Å². The van der Waals surface area contributed by atoms with Crippen LogP contribution in [0.15, 0.2) is 6.07 Å². The van der Waals surface area contributed by atoms with E-state index in [4.69, 9.17) is 0 Å². The van der Waals surface area contributed by atoms with Crippen LogP contribution < -0.4 is 9.47 Å². The molecular formula is C8H4F2N2O2S. The second-order valence-electron chi connectivity index (χ2n) is 3.02. The molecule has 0 atom stereocenters. The van der Waals surface area contributed by atoms with Crippen LogP contribution in [0.1, 0.15) is 5.01 Å². The van der Waals surface area contributed by atoms with Crippen molar-refractivity contribution in [2.24, 2.45) is 0 Å². The lowest BCUT2D eigenvalue weighted by atomic mass is 10.4. The molecule has 0 saturated heterocycles. The summed E-state index contributed by atoms with van der Waals surface area (Å²) in [4.78, 5) is 8.58. The van der Waals surface area contributed by atoms with E-state index in [1.54, 1.807) is 0 Å². The molecule has 0 spiro atoms. The Labute approximate surface area is 86.5 Å². The van der Waals surface area contributed by atoms with Gasteiger partial charge in [-0.25, -0.2) is 4.98 Å². The van der Waals surface area contributed by atoms with Crippen LogP contribution in [0.25, 0.3) is 10.3 Å². The highest BCUT2D eigenvalue weighted by atomic mass is 32.1. The number of aryl methyl sites for hydroxylation is 1. The maximum atomic E-state index is 12.7. The molecule has 0 amide bonds. The van der Waals surface area contributed by atoms with Gasteiger partial charge < -0.3 is 9.47 Å². The van der Waals surface area contributed by atoms with Crippen molar-refractivity contribution in [2.75, 3.05) is 0 Å². The van der Waals surface area contributed by atoms with Crippen LogP contribution in [-0.2, 0) is 0 Å². The summed E-state index contributed by atoms with van der Waals surface area (Å²) >= 11 is 1.32. The van der Waals surface area contributed by atoms with Crippen molar-refractivity contribution in [1.29, 1.82) is 0 Å². The summed E-state index contributed by atoms with van der Waals surface area (Å²) in [6, 6.07) is 1.40. The van der Waals surface area contributed by atoms with Crippen LogP contribution in [-0.4, -0.2) is 16.3 Å². The Balaban J connectivity index is 2.21. The molecule has 7 heteroatoms. The average Bonchev–Trinajstić information content (AvgIpc) is 2.55. The molecule has 0 aromatic carbocycles. The molecule has 3 heterocycles. The van der Waals surface area contributed by atoms with Crippen molar-refractivity contribution in [1.82, 2.24) is 9.97 Å². The first-order chi connectivity index (χ1) is 7.03. The SMILES string of the molecule is Cc1nc2cc3c(nc2s1)OC(F)(F)O3. The van der Waals surface area contributed by atoms with Crippen LogP contribution in [0.2, 0.25) is 0 Å². The maximum Gasteiger partial charge on any atom is 0.587 e. The van der Waals surface area contributed by atoms with Gasteiger partial charge in [0.05, 0.1) is 5.01 Å². The molecule has 0 N–H and O–H groups in total. The van der Waals surface area contributed by atoms with E-state index < -0.39 is 6.29 Å². The van der Waals surface area contributed by atoms with E-state index in [2.05, 4.69) is 19.4 Å². The first-order valence-corrected chi connectivity index (χ1v) is 4.89. The number of thiazole rings is 1. The summed E-state index contributed by atoms with van der Waals surface area (Å²) in [5, 5.41) is 0.813. The van der Waals surface area contributed by atoms with Crippen molar-refractivity contribution in [3.63, 3.8) is 0 Å². The first-order valence-electron chi connectivity index (χ1n) is 4.07. The fourth-order valence-corrected chi connectivity index (χ4v) is 2.11. The quantitative estimate of drug-likeness (QED) is 0.696. The summed E-state index contributed by atoms with van der Waals surface area (Å²) < 4.78 is 33.8. The van der Waals surface area contributed by atoms with E-state index in [-0.39, 0.29) is 11.6 Å². The number of fused-ring (bicyclic) bond motifs is 2. The van der Waals surface area contributed by atoms with Crippen molar-refractivity contribution in [3.05, 3.63) is 11.1 Å². The lowest BCUT2D eigenvalue weighted by Gasteiger charge is -2.03. The molecule has 2 aromatic rings. The summed E-state index contributed by atoms with van der Waals surface area (Å²) in [6.07, 6.45) is -3.62. The molecular weight excluding hydrogens is 226 g/mol. The lowest BCUT2D eigenvalue weighted by Crippen LogP contribution is -2.26. The van der Waals surface area contributed by atoms with Gasteiger partial charge in [0.1, 0.15) is 10.3 Å². The molecule has 78 valence electrons. The zero-order chi connectivity index (χ0) is 10.6. The third-order valence-electron chi connectivity index (χ3n) is 1.87. The van der Waals surface area contributed by atoms with E-state index in [9.17, 15) is 8.78 Å². The van der Waals surface area contributed by atoms with Gasteiger partial charge in [-0.2, -0.15) is 4.98 Å². The molecule has 3 rings (SSSR count). The van der Waals surface area contributed by atoms with Gasteiger partial charge >= 0.3 is 6.29 Å². The minimum absolute atomic E-state index is 0.0715. The van der Waals surface area contributed by atoms with E-state index in [0.717, 1.165) is 5.01 Å². The second-order valence-corrected chi connectivity index (χ2v) is 4.20. The lowest BCUT2D eigenvalue weighted by molar-refractivity contribution is -0.287. The normalized spacial score (nSPS) is 17.3. The number of pyridine rings is 1. The highest BCUT2D eigenvalue weighted by molar-refractivity contribution is 7.18.